The van der Waals surface area contributed by atoms with E-state index < -0.39 is 0 Å². The van der Waals surface area contributed by atoms with Crippen LogP contribution >= 0.6 is 0 Å². The van der Waals surface area contributed by atoms with E-state index in [-0.39, 0.29) is 0 Å². The van der Waals surface area contributed by atoms with Crippen LogP contribution in [-0.4, -0.2) is 29.6 Å². The summed E-state index contributed by atoms with van der Waals surface area (Å²) in [6, 6.07) is 0.463. The predicted octanol–water partition coefficient (Wildman–Crippen LogP) is 1.21. The van der Waals surface area contributed by atoms with Crippen molar-refractivity contribution in [1.82, 2.24) is 9.97 Å². The first kappa shape index (κ1) is 11.9. The maximum Gasteiger partial charge on any atom is 0.225 e. The van der Waals surface area contributed by atoms with Crippen LogP contribution in [0.3, 0.4) is 0 Å². The summed E-state index contributed by atoms with van der Waals surface area (Å²) in [6.07, 6.45) is 5.64. The molecule has 0 bridgehead atoms. The Morgan fingerprint density at radius 3 is 2.47 bits per heavy atom. The van der Waals surface area contributed by atoms with Gasteiger partial charge in [0.25, 0.3) is 0 Å². The fourth-order valence-corrected chi connectivity index (χ4v) is 1.30. The Kier molecular flexibility index (Phi) is 4.49. The predicted molar refractivity (Wildman–Crippen MR) is 62.9 cm³/mol. The lowest BCUT2D eigenvalue weighted by Gasteiger charge is -2.23. The SMILES string of the molecule is CCC(C)N(C)c1ncc(CCN)cn1. The Bertz CT molecular complexity index is 283. The van der Waals surface area contributed by atoms with E-state index >= 15 is 0 Å². The highest BCUT2D eigenvalue weighted by Gasteiger charge is 2.09. The molecule has 4 nitrogen and oxygen atoms in total. The summed E-state index contributed by atoms with van der Waals surface area (Å²) in [6.45, 7) is 4.96. The summed E-state index contributed by atoms with van der Waals surface area (Å²) in [5.41, 5.74) is 6.56. The molecular weight excluding hydrogens is 188 g/mol. The van der Waals surface area contributed by atoms with Crippen molar-refractivity contribution >= 4 is 5.95 Å². The Labute approximate surface area is 91.5 Å². The molecule has 0 saturated carbocycles. The number of nitrogens with zero attached hydrogens (tertiary/aromatic N) is 3. The second-order valence-electron chi connectivity index (χ2n) is 3.80. The average Bonchev–Trinajstić information content (AvgIpc) is 2.28. The molecule has 0 radical (unpaired) electrons. The highest BCUT2D eigenvalue weighted by atomic mass is 15.2. The third-order valence-electron chi connectivity index (χ3n) is 2.69. The zero-order valence-electron chi connectivity index (χ0n) is 9.77. The van der Waals surface area contributed by atoms with Crippen molar-refractivity contribution in [2.45, 2.75) is 32.7 Å². The van der Waals surface area contributed by atoms with Crippen molar-refractivity contribution in [3.63, 3.8) is 0 Å². The van der Waals surface area contributed by atoms with Crippen LogP contribution < -0.4 is 10.6 Å². The molecule has 1 aromatic heterocycles. The first-order valence-electron chi connectivity index (χ1n) is 5.42. The second-order valence-corrected chi connectivity index (χ2v) is 3.80. The zero-order valence-corrected chi connectivity index (χ0v) is 9.77. The van der Waals surface area contributed by atoms with Crippen LogP contribution in [0, 0.1) is 0 Å². The van der Waals surface area contributed by atoms with Crippen molar-refractivity contribution < 1.29 is 0 Å². The fraction of sp³-hybridized carbons (Fsp3) is 0.636. The Hall–Kier alpha value is -1.16. The second kappa shape index (κ2) is 5.66. The van der Waals surface area contributed by atoms with Crippen LogP contribution in [0.15, 0.2) is 12.4 Å². The lowest BCUT2D eigenvalue weighted by Crippen LogP contribution is -2.29. The van der Waals surface area contributed by atoms with E-state index in [1.165, 1.54) is 0 Å². The molecule has 2 N–H and O–H groups in total. The molecule has 0 aliphatic carbocycles. The van der Waals surface area contributed by atoms with Gasteiger partial charge in [-0.05, 0) is 31.9 Å². The molecule has 1 atom stereocenters. The van der Waals surface area contributed by atoms with Gasteiger partial charge in [0.1, 0.15) is 0 Å². The van der Waals surface area contributed by atoms with Gasteiger partial charge in [0, 0.05) is 25.5 Å². The molecule has 0 aliphatic heterocycles. The monoisotopic (exact) mass is 208 g/mol. The number of hydrogen-bond donors (Lipinski definition) is 1. The van der Waals surface area contributed by atoms with Crippen LogP contribution in [0.25, 0.3) is 0 Å². The minimum atomic E-state index is 0.463. The van der Waals surface area contributed by atoms with Crippen molar-refractivity contribution in [1.29, 1.82) is 0 Å². The Morgan fingerprint density at radius 2 is 2.00 bits per heavy atom. The molecule has 0 fully saturated rings. The summed E-state index contributed by atoms with van der Waals surface area (Å²) < 4.78 is 0. The highest BCUT2D eigenvalue weighted by Crippen LogP contribution is 2.10. The molecule has 1 aromatic rings. The quantitative estimate of drug-likeness (QED) is 0.790. The van der Waals surface area contributed by atoms with Crippen molar-refractivity contribution in [3.05, 3.63) is 18.0 Å². The van der Waals surface area contributed by atoms with Gasteiger partial charge in [-0.3, -0.25) is 0 Å². The standard InChI is InChI=1S/C11H20N4/c1-4-9(2)15(3)11-13-7-10(5-6-12)8-14-11/h7-9H,4-6,12H2,1-3H3. The number of nitrogens with two attached hydrogens (primary N) is 1. The molecule has 1 unspecified atom stereocenters. The van der Waals surface area contributed by atoms with Crippen LogP contribution in [0.5, 0.6) is 0 Å². The topological polar surface area (TPSA) is 55.0 Å². The van der Waals surface area contributed by atoms with Gasteiger partial charge >= 0.3 is 0 Å². The Morgan fingerprint density at radius 1 is 1.40 bits per heavy atom. The molecule has 84 valence electrons. The van der Waals surface area contributed by atoms with Gasteiger partial charge in [-0.25, -0.2) is 9.97 Å². The molecule has 4 heteroatoms. The van der Waals surface area contributed by atoms with Gasteiger partial charge in [0.15, 0.2) is 0 Å². The molecule has 0 spiro atoms. The van der Waals surface area contributed by atoms with Crippen molar-refractivity contribution in [2.24, 2.45) is 5.73 Å². The lowest BCUT2D eigenvalue weighted by molar-refractivity contribution is 0.647. The molecule has 15 heavy (non-hydrogen) atoms. The minimum Gasteiger partial charge on any atom is -0.341 e. The molecule has 1 heterocycles. The number of anilines is 1. The zero-order chi connectivity index (χ0) is 11.3. The van der Waals surface area contributed by atoms with E-state index in [2.05, 4.69) is 28.7 Å². The van der Waals surface area contributed by atoms with Gasteiger partial charge < -0.3 is 10.6 Å². The maximum absolute atomic E-state index is 5.46. The summed E-state index contributed by atoms with van der Waals surface area (Å²) in [7, 11) is 2.02. The van der Waals surface area contributed by atoms with Crippen LogP contribution in [0.1, 0.15) is 25.8 Å². The number of hydrogen-bond acceptors (Lipinski definition) is 4. The molecule has 0 saturated heterocycles. The smallest absolute Gasteiger partial charge is 0.225 e. The normalized spacial score (nSPS) is 12.5. The van der Waals surface area contributed by atoms with Gasteiger partial charge in [0.05, 0.1) is 0 Å². The van der Waals surface area contributed by atoms with Crippen molar-refractivity contribution in [3.8, 4) is 0 Å². The largest absolute Gasteiger partial charge is 0.341 e. The molecular formula is C11H20N4. The van der Waals surface area contributed by atoms with Gasteiger partial charge in [-0.2, -0.15) is 0 Å². The van der Waals surface area contributed by atoms with E-state index in [1.807, 2.05) is 19.4 Å². The molecule has 0 aromatic carbocycles. The first-order chi connectivity index (χ1) is 7.19. The van der Waals surface area contributed by atoms with E-state index in [4.69, 9.17) is 5.73 Å². The summed E-state index contributed by atoms with van der Waals surface area (Å²) >= 11 is 0. The summed E-state index contributed by atoms with van der Waals surface area (Å²) in [4.78, 5) is 10.7. The third-order valence-corrected chi connectivity index (χ3v) is 2.69. The van der Waals surface area contributed by atoms with Crippen molar-refractivity contribution in [2.75, 3.05) is 18.5 Å². The Balaban J connectivity index is 2.70. The van der Waals surface area contributed by atoms with Crippen LogP contribution in [-0.2, 0) is 6.42 Å². The maximum atomic E-state index is 5.46. The minimum absolute atomic E-state index is 0.463. The fourth-order valence-electron chi connectivity index (χ4n) is 1.30. The summed E-state index contributed by atoms with van der Waals surface area (Å²) in [5.74, 6) is 0.783. The first-order valence-corrected chi connectivity index (χ1v) is 5.42. The average molecular weight is 208 g/mol. The van der Waals surface area contributed by atoms with E-state index in [9.17, 15) is 0 Å². The number of aromatic nitrogens is 2. The third kappa shape index (κ3) is 3.16. The van der Waals surface area contributed by atoms with E-state index in [0.717, 1.165) is 24.4 Å². The van der Waals surface area contributed by atoms with Crippen LogP contribution in [0.2, 0.25) is 0 Å². The van der Waals surface area contributed by atoms with E-state index in [1.54, 1.807) is 0 Å². The van der Waals surface area contributed by atoms with Gasteiger partial charge in [0.2, 0.25) is 5.95 Å². The van der Waals surface area contributed by atoms with E-state index in [0.29, 0.717) is 12.6 Å². The highest BCUT2D eigenvalue weighted by molar-refractivity contribution is 5.29. The van der Waals surface area contributed by atoms with Gasteiger partial charge in [-0.1, -0.05) is 6.92 Å². The van der Waals surface area contributed by atoms with Gasteiger partial charge in [-0.15, -0.1) is 0 Å². The van der Waals surface area contributed by atoms with Crippen LogP contribution in [0.4, 0.5) is 5.95 Å². The lowest BCUT2D eigenvalue weighted by atomic mass is 10.2. The molecule has 0 aliphatic rings. The number of rotatable bonds is 5. The summed E-state index contributed by atoms with van der Waals surface area (Å²) in [5, 5.41) is 0. The molecule has 0 amide bonds. The molecule has 1 rings (SSSR count).